The van der Waals surface area contributed by atoms with Crippen molar-refractivity contribution in [2.75, 3.05) is 6.26 Å². The fraction of sp³-hybridized carbons (Fsp3) is 0.609. The number of alkyl halides is 3. The van der Waals surface area contributed by atoms with Crippen LogP contribution >= 0.6 is 11.6 Å². The first-order valence-corrected chi connectivity index (χ1v) is 16.4. The summed E-state index contributed by atoms with van der Waals surface area (Å²) in [5, 5.41) is -0.521. The predicted octanol–water partition coefficient (Wildman–Crippen LogP) is 4.94. The number of carbonyl (C=O) groups is 3. The Morgan fingerprint density at radius 1 is 1.14 bits per heavy atom. The zero-order chi connectivity index (χ0) is 27.4. The Labute approximate surface area is 214 Å². The molecule has 1 aliphatic carbocycles. The Bertz CT molecular complexity index is 1100. The average molecular weight is 571 g/mol. The smallest absolute Gasteiger partial charge is 0.293 e. The van der Waals surface area contributed by atoms with Gasteiger partial charge in [-0.25, -0.2) is 21.6 Å². The quantitative estimate of drug-likeness (QED) is 0.199. The summed E-state index contributed by atoms with van der Waals surface area (Å²) in [6, 6.07) is 4.29. The van der Waals surface area contributed by atoms with Crippen molar-refractivity contribution in [1.82, 2.24) is 0 Å². The number of rotatable bonds is 12. The van der Waals surface area contributed by atoms with Gasteiger partial charge >= 0.3 is 0 Å². The second-order valence-electron chi connectivity index (χ2n) is 8.73. The van der Waals surface area contributed by atoms with Gasteiger partial charge in [-0.05, 0) is 36.7 Å². The van der Waals surface area contributed by atoms with Gasteiger partial charge in [0.15, 0.2) is 35.5 Å². The van der Waals surface area contributed by atoms with Gasteiger partial charge in [0.2, 0.25) is 0 Å². The van der Waals surface area contributed by atoms with Crippen LogP contribution in [0.1, 0.15) is 49.5 Å². The summed E-state index contributed by atoms with van der Waals surface area (Å²) in [6.07, 6.45) is -6.55. The molecule has 0 aliphatic heterocycles. The number of halogens is 4. The number of carbonyl (C=O) groups excluding carboxylic acids is 3. The van der Waals surface area contributed by atoms with Gasteiger partial charge in [-0.3, -0.25) is 14.4 Å². The lowest BCUT2D eigenvalue weighted by Crippen LogP contribution is -2.50. The number of ketones is 3. The van der Waals surface area contributed by atoms with E-state index in [1.165, 1.54) is 0 Å². The Kier molecular flexibility index (Phi) is 10.5. The standard InChI is InChI=1S/C23H30ClF3O7SSi/c1-5-36(6-2,7-3)34-16-10-9-15(28)18(21(16)30)20(29)13-8-11-17(35(4,31)32)14(19(13)24)12-33-23(27)22(25)26/h8,11,16,18,22-23H,5-7,9-10,12H2,1-4H3. The number of ether oxygens (including phenoxy) is 1. The molecule has 202 valence electrons. The lowest BCUT2D eigenvalue weighted by Gasteiger charge is -2.35. The maximum Gasteiger partial charge on any atom is 0.293 e. The first kappa shape index (κ1) is 30.6. The molecule has 0 saturated heterocycles. The van der Waals surface area contributed by atoms with Crippen LogP contribution < -0.4 is 0 Å². The fourth-order valence-electron chi connectivity index (χ4n) is 4.27. The molecule has 36 heavy (non-hydrogen) atoms. The van der Waals surface area contributed by atoms with E-state index in [4.69, 9.17) is 16.0 Å². The Morgan fingerprint density at radius 3 is 2.22 bits per heavy atom. The highest BCUT2D eigenvalue weighted by molar-refractivity contribution is 7.90. The first-order valence-electron chi connectivity index (χ1n) is 11.6. The molecule has 0 spiro atoms. The second kappa shape index (κ2) is 12.3. The molecule has 1 aliphatic rings. The van der Waals surface area contributed by atoms with Crippen molar-refractivity contribution in [2.24, 2.45) is 5.92 Å². The molecular weight excluding hydrogens is 541 g/mol. The Hall–Kier alpha value is -1.60. The number of hydrogen-bond acceptors (Lipinski definition) is 7. The number of sulfone groups is 1. The van der Waals surface area contributed by atoms with Crippen LogP contribution in [0.4, 0.5) is 13.2 Å². The van der Waals surface area contributed by atoms with Crippen molar-refractivity contribution >= 4 is 47.1 Å². The monoisotopic (exact) mass is 570 g/mol. The summed E-state index contributed by atoms with van der Waals surface area (Å²) in [4.78, 5) is 38.8. The van der Waals surface area contributed by atoms with Crippen molar-refractivity contribution in [3.63, 3.8) is 0 Å². The van der Waals surface area contributed by atoms with Gasteiger partial charge in [-0.1, -0.05) is 32.4 Å². The molecule has 1 saturated carbocycles. The molecule has 0 aromatic heterocycles. The van der Waals surface area contributed by atoms with E-state index < -0.39 is 82.4 Å². The number of benzene rings is 1. The van der Waals surface area contributed by atoms with E-state index in [2.05, 4.69) is 4.74 Å². The molecule has 1 fully saturated rings. The summed E-state index contributed by atoms with van der Waals surface area (Å²) < 4.78 is 73.4. The third-order valence-electron chi connectivity index (χ3n) is 6.61. The van der Waals surface area contributed by atoms with Gasteiger partial charge < -0.3 is 9.16 Å². The molecule has 0 bridgehead atoms. The van der Waals surface area contributed by atoms with Crippen molar-refractivity contribution < 1.29 is 45.1 Å². The summed E-state index contributed by atoms with van der Waals surface area (Å²) >= 11 is 6.28. The highest BCUT2D eigenvalue weighted by Gasteiger charge is 2.46. The highest BCUT2D eigenvalue weighted by Crippen LogP contribution is 2.34. The van der Waals surface area contributed by atoms with Gasteiger partial charge in [0.25, 0.3) is 12.8 Å². The summed E-state index contributed by atoms with van der Waals surface area (Å²) in [5.41, 5.74) is -0.793. The van der Waals surface area contributed by atoms with E-state index >= 15 is 0 Å². The number of hydrogen-bond donors (Lipinski definition) is 0. The van der Waals surface area contributed by atoms with Gasteiger partial charge in [0.1, 0.15) is 12.0 Å². The number of Topliss-reactive ketones (excluding diaryl/α,β-unsaturated/α-hetero) is 3. The molecule has 1 aromatic rings. The normalized spacial score (nSPS) is 20.1. The van der Waals surface area contributed by atoms with Crippen LogP contribution in [0.5, 0.6) is 0 Å². The SMILES string of the molecule is CC[Si](CC)(CC)OC1CCC(=O)C(C(=O)c2ccc(S(C)(=O)=O)c(COC(F)C(F)F)c2Cl)C1=O. The minimum Gasteiger partial charge on any atom is -0.407 e. The maximum atomic E-state index is 13.4. The van der Waals surface area contributed by atoms with Crippen LogP contribution in [-0.4, -0.2) is 59.2 Å². The van der Waals surface area contributed by atoms with E-state index in [1.54, 1.807) is 0 Å². The van der Waals surface area contributed by atoms with Crippen molar-refractivity contribution in [3.8, 4) is 0 Å². The lowest BCUT2D eigenvalue weighted by molar-refractivity contribution is -0.139. The molecule has 1 aromatic carbocycles. The average Bonchev–Trinajstić information content (AvgIpc) is 2.82. The largest absolute Gasteiger partial charge is 0.407 e. The van der Waals surface area contributed by atoms with E-state index in [-0.39, 0.29) is 18.4 Å². The van der Waals surface area contributed by atoms with Crippen LogP contribution in [0.15, 0.2) is 17.0 Å². The van der Waals surface area contributed by atoms with Gasteiger partial charge in [0, 0.05) is 23.8 Å². The Morgan fingerprint density at radius 2 is 1.72 bits per heavy atom. The van der Waals surface area contributed by atoms with E-state index in [0.717, 1.165) is 36.5 Å². The van der Waals surface area contributed by atoms with E-state index in [0.29, 0.717) is 0 Å². The summed E-state index contributed by atoms with van der Waals surface area (Å²) in [5.74, 6) is -3.98. The summed E-state index contributed by atoms with van der Waals surface area (Å²) in [6.45, 7) is 4.94. The van der Waals surface area contributed by atoms with Crippen LogP contribution in [0, 0.1) is 5.92 Å². The van der Waals surface area contributed by atoms with E-state index in [9.17, 15) is 36.0 Å². The highest BCUT2D eigenvalue weighted by atomic mass is 35.5. The third kappa shape index (κ3) is 6.63. The maximum absolute atomic E-state index is 13.4. The lowest BCUT2D eigenvalue weighted by atomic mass is 9.80. The van der Waals surface area contributed by atoms with Gasteiger partial charge in [-0.15, -0.1) is 0 Å². The summed E-state index contributed by atoms with van der Waals surface area (Å²) in [7, 11) is -6.23. The van der Waals surface area contributed by atoms with Gasteiger partial charge in [-0.2, -0.15) is 0 Å². The zero-order valence-electron chi connectivity index (χ0n) is 20.5. The minimum atomic E-state index is -3.99. The van der Waals surface area contributed by atoms with Gasteiger partial charge in [0.05, 0.1) is 16.5 Å². The molecule has 13 heteroatoms. The molecule has 7 nitrogen and oxygen atoms in total. The molecule has 0 heterocycles. The molecule has 3 atom stereocenters. The second-order valence-corrected chi connectivity index (χ2v) is 15.8. The van der Waals surface area contributed by atoms with Crippen LogP contribution in [0.2, 0.25) is 23.2 Å². The molecule has 3 unspecified atom stereocenters. The van der Waals surface area contributed by atoms with Crippen LogP contribution in [-0.2, 0) is 35.2 Å². The minimum absolute atomic E-state index is 0.0681. The predicted molar refractivity (Wildman–Crippen MR) is 129 cm³/mol. The van der Waals surface area contributed by atoms with Crippen molar-refractivity contribution in [1.29, 1.82) is 0 Å². The molecule has 0 N–H and O–H groups in total. The topological polar surface area (TPSA) is 104 Å². The zero-order valence-corrected chi connectivity index (χ0v) is 23.1. The molecular formula is C23H30ClF3O7SSi. The molecule has 2 rings (SSSR count). The molecule has 0 amide bonds. The van der Waals surface area contributed by atoms with E-state index in [1.807, 2.05) is 20.8 Å². The Balaban J connectivity index is 2.47. The van der Waals surface area contributed by atoms with Crippen molar-refractivity contribution in [2.45, 2.75) is 82.1 Å². The van der Waals surface area contributed by atoms with Crippen LogP contribution in [0.3, 0.4) is 0 Å². The molecule has 0 radical (unpaired) electrons. The third-order valence-corrected chi connectivity index (χ3v) is 12.9. The van der Waals surface area contributed by atoms with Crippen molar-refractivity contribution in [3.05, 3.63) is 28.3 Å². The fourth-order valence-corrected chi connectivity index (χ4v) is 8.40. The van der Waals surface area contributed by atoms with Crippen LogP contribution in [0.25, 0.3) is 0 Å². The first-order chi connectivity index (χ1) is 16.7.